The van der Waals surface area contributed by atoms with E-state index < -0.39 is 11.7 Å². The Balaban J connectivity index is 2.28. The number of rotatable bonds is 3. The molecule has 1 heterocycles. The fourth-order valence-electron chi connectivity index (χ4n) is 1.55. The summed E-state index contributed by atoms with van der Waals surface area (Å²) in [5.41, 5.74) is 0.805. The molecule has 0 atom stereocenters. The van der Waals surface area contributed by atoms with E-state index in [9.17, 15) is 9.18 Å². The lowest BCUT2D eigenvalue weighted by molar-refractivity contribution is 0.102. The molecule has 1 aromatic carbocycles. The number of halogens is 2. The van der Waals surface area contributed by atoms with Gasteiger partial charge in [0.2, 0.25) is 11.8 Å². The fourth-order valence-corrected chi connectivity index (χ4v) is 1.99. The molecule has 0 unspecified atom stereocenters. The fraction of sp³-hybridized carbons (Fsp3) is 0.154. The molecule has 104 valence electrons. The van der Waals surface area contributed by atoms with Crippen molar-refractivity contribution in [3.63, 3.8) is 0 Å². The average molecular weight is 340 g/mol. The first kappa shape index (κ1) is 14.4. The minimum absolute atomic E-state index is 0.0946. The molecule has 1 N–H and O–H groups in total. The van der Waals surface area contributed by atoms with Crippen LogP contribution in [0, 0.1) is 12.7 Å². The smallest absolute Gasteiger partial charge is 0.259 e. The minimum Gasteiger partial charge on any atom is -0.481 e. The molecule has 0 fully saturated rings. The van der Waals surface area contributed by atoms with Gasteiger partial charge in [0.25, 0.3) is 5.91 Å². The Labute approximate surface area is 123 Å². The van der Waals surface area contributed by atoms with Gasteiger partial charge in [-0.05, 0) is 35.0 Å². The molecule has 20 heavy (non-hydrogen) atoms. The van der Waals surface area contributed by atoms with Crippen molar-refractivity contribution >= 4 is 27.8 Å². The van der Waals surface area contributed by atoms with Gasteiger partial charge in [0.1, 0.15) is 5.82 Å². The van der Waals surface area contributed by atoms with Crippen LogP contribution in [-0.2, 0) is 0 Å². The van der Waals surface area contributed by atoms with Gasteiger partial charge in [0, 0.05) is 11.8 Å². The first-order valence-corrected chi connectivity index (χ1v) is 6.45. The number of aromatic nitrogens is 2. The maximum Gasteiger partial charge on any atom is 0.259 e. The van der Waals surface area contributed by atoms with Gasteiger partial charge < -0.3 is 4.74 Å². The normalized spacial score (nSPS) is 10.2. The van der Waals surface area contributed by atoms with E-state index in [-0.39, 0.29) is 16.0 Å². The number of nitrogens with one attached hydrogen (secondary N) is 1. The van der Waals surface area contributed by atoms with Crippen LogP contribution in [0.25, 0.3) is 0 Å². The molecule has 2 aromatic rings. The number of hydrogen-bond acceptors (Lipinski definition) is 4. The van der Waals surface area contributed by atoms with Crippen molar-refractivity contribution in [3.05, 3.63) is 45.8 Å². The van der Waals surface area contributed by atoms with Crippen LogP contribution in [0.1, 0.15) is 16.1 Å². The molecule has 0 radical (unpaired) electrons. The van der Waals surface area contributed by atoms with E-state index >= 15 is 0 Å². The van der Waals surface area contributed by atoms with Crippen LogP contribution in [0.2, 0.25) is 0 Å². The second-order valence-electron chi connectivity index (χ2n) is 3.93. The van der Waals surface area contributed by atoms with Gasteiger partial charge in [0.15, 0.2) is 0 Å². The summed E-state index contributed by atoms with van der Waals surface area (Å²) in [6, 6.07) is 5.84. The number of nitrogens with zero attached hydrogens (tertiary/aromatic N) is 2. The van der Waals surface area contributed by atoms with Crippen LogP contribution >= 0.6 is 15.9 Å². The molecule has 1 aromatic heterocycles. The average Bonchev–Trinajstić information content (AvgIpc) is 2.41. The zero-order valence-corrected chi connectivity index (χ0v) is 12.4. The molecule has 0 saturated carbocycles. The molecule has 7 heteroatoms. The van der Waals surface area contributed by atoms with Crippen LogP contribution < -0.4 is 10.1 Å². The quantitative estimate of drug-likeness (QED) is 0.933. The maximum atomic E-state index is 13.4. The highest BCUT2D eigenvalue weighted by atomic mass is 79.9. The van der Waals surface area contributed by atoms with Crippen LogP contribution in [0.5, 0.6) is 5.88 Å². The maximum absolute atomic E-state index is 13.4. The van der Waals surface area contributed by atoms with Crippen LogP contribution in [0.15, 0.2) is 28.7 Å². The van der Waals surface area contributed by atoms with Gasteiger partial charge in [-0.2, -0.15) is 4.98 Å². The molecule has 1 amide bonds. The third-order valence-electron chi connectivity index (χ3n) is 2.46. The summed E-state index contributed by atoms with van der Waals surface area (Å²) in [5.74, 6) is -0.585. The topological polar surface area (TPSA) is 64.1 Å². The number of aryl methyl sites for hydroxylation is 1. The van der Waals surface area contributed by atoms with E-state index in [4.69, 9.17) is 4.74 Å². The summed E-state index contributed by atoms with van der Waals surface area (Å²) in [7, 11) is 1.47. The lowest BCUT2D eigenvalue weighted by atomic mass is 10.2. The number of anilines is 1. The summed E-state index contributed by atoms with van der Waals surface area (Å²) in [6.45, 7) is 1.75. The summed E-state index contributed by atoms with van der Waals surface area (Å²) in [5, 5.41) is 2.50. The lowest BCUT2D eigenvalue weighted by Crippen LogP contribution is -2.15. The summed E-state index contributed by atoms with van der Waals surface area (Å²) in [4.78, 5) is 20.1. The SMILES string of the molecule is COc1cc(C)nc(NC(=O)c2cccc(F)c2Br)n1. The summed E-state index contributed by atoms with van der Waals surface area (Å²) < 4.78 is 18.5. The zero-order valence-electron chi connectivity index (χ0n) is 10.8. The van der Waals surface area contributed by atoms with Gasteiger partial charge >= 0.3 is 0 Å². The van der Waals surface area contributed by atoms with Crippen LogP contribution in [0.4, 0.5) is 10.3 Å². The summed E-state index contributed by atoms with van der Waals surface area (Å²) >= 11 is 3.04. The van der Waals surface area contributed by atoms with Crippen molar-refractivity contribution in [2.45, 2.75) is 6.92 Å². The van der Waals surface area contributed by atoms with Gasteiger partial charge in [-0.3, -0.25) is 10.1 Å². The number of methoxy groups -OCH3 is 1. The molecule has 2 rings (SSSR count). The van der Waals surface area contributed by atoms with E-state index in [1.165, 1.54) is 25.3 Å². The van der Waals surface area contributed by atoms with Gasteiger partial charge in [-0.25, -0.2) is 9.37 Å². The molecule has 0 aliphatic carbocycles. The first-order valence-electron chi connectivity index (χ1n) is 5.66. The van der Waals surface area contributed by atoms with E-state index in [0.717, 1.165) is 0 Å². The molecule has 0 bridgehead atoms. The van der Waals surface area contributed by atoms with E-state index in [1.807, 2.05) is 0 Å². The van der Waals surface area contributed by atoms with Crippen molar-refractivity contribution in [1.29, 1.82) is 0 Å². The molecule has 0 aliphatic rings. The number of carbonyl (C=O) groups excluding carboxylic acids is 1. The predicted octanol–water partition coefficient (Wildman–Crippen LogP) is 2.95. The monoisotopic (exact) mass is 339 g/mol. The van der Waals surface area contributed by atoms with E-state index in [2.05, 4.69) is 31.2 Å². The van der Waals surface area contributed by atoms with E-state index in [1.54, 1.807) is 13.0 Å². The van der Waals surface area contributed by atoms with Crippen molar-refractivity contribution in [2.24, 2.45) is 0 Å². The second-order valence-corrected chi connectivity index (χ2v) is 4.72. The Morgan fingerprint density at radius 1 is 1.40 bits per heavy atom. The number of hydrogen-bond donors (Lipinski definition) is 1. The zero-order chi connectivity index (χ0) is 14.7. The molecule has 0 saturated heterocycles. The number of amides is 1. The van der Waals surface area contributed by atoms with Crippen molar-refractivity contribution in [1.82, 2.24) is 9.97 Å². The second kappa shape index (κ2) is 5.96. The van der Waals surface area contributed by atoms with Crippen LogP contribution in [0.3, 0.4) is 0 Å². The Kier molecular flexibility index (Phi) is 4.29. The minimum atomic E-state index is -0.514. The molecule has 0 aliphatic heterocycles. The third-order valence-corrected chi connectivity index (χ3v) is 3.27. The number of carbonyl (C=O) groups is 1. The highest BCUT2D eigenvalue weighted by molar-refractivity contribution is 9.10. The Morgan fingerprint density at radius 3 is 2.85 bits per heavy atom. The Morgan fingerprint density at radius 2 is 2.15 bits per heavy atom. The van der Waals surface area contributed by atoms with Crippen molar-refractivity contribution in [3.8, 4) is 5.88 Å². The highest BCUT2D eigenvalue weighted by Crippen LogP contribution is 2.21. The lowest BCUT2D eigenvalue weighted by Gasteiger charge is -2.08. The van der Waals surface area contributed by atoms with Crippen molar-refractivity contribution < 1.29 is 13.9 Å². The third kappa shape index (κ3) is 3.11. The molecule has 0 spiro atoms. The number of ether oxygens (including phenoxy) is 1. The van der Waals surface area contributed by atoms with Crippen molar-refractivity contribution in [2.75, 3.05) is 12.4 Å². The molecular weight excluding hydrogens is 329 g/mol. The van der Waals surface area contributed by atoms with Gasteiger partial charge in [-0.1, -0.05) is 6.07 Å². The van der Waals surface area contributed by atoms with Crippen LogP contribution in [-0.4, -0.2) is 23.0 Å². The largest absolute Gasteiger partial charge is 0.481 e. The predicted molar refractivity (Wildman–Crippen MR) is 75.4 cm³/mol. The Hall–Kier alpha value is -2.02. The highest BCUT2D eigenvalue weighted by Gasteiger charge is 2.14. The number of benzene rings is 1. The summed E-state index contributed by atoms with van der Waals surface area (Å²) in [6.07, 6.45) is 0. The van der Waals surface area contributed by atoms with E-state index in [0.29, 0.717) is 11.6 Å². The van der Waals surface area contributed by atoms with Gasteiger partial charge in [0.05, 0.1) is 17.1 Å². The standard InChI is InChI=1S/C13H11BrFN3O2/c1-7-6-10(20-2)17-13(16-7)18-12(19)8-4-3-5-9(15)11(8)14/h3-6H,1-2H3,(H,16,17,18,19). The Bertz CT molecular complexity index is 664. The molecule has 5 nitrogen and oxygen atoms in total. The molecular formula is C13H11BrFN3O2. The van der Waals surface area contributed by atoms with Gasteiger partial charge in [-0.15, -0.1) is 0 Å². The first-order chi connectivity index (χ1) is 9.51.